The minimum atomic E-state index is 0.0624. The largest absolute Gasteiger partial charge is 0.294 e. The molecule has 0 atom stereocenters. The van der Waals surface area contributed by atoms with Crippen LogP contribution in [0.4, 0.5) is 0 Å². The van der Waals surface area contributed by atoms with Crippen molar-refractivity contribution in [2.75, 3.05) is 0 Å². The Morgan fingerprint density at radius 3 is 2.53 bits per heavy atom. The van der Waals surface area contributed by atoms with E-state index in [1.807, 2.05) is 12.1 Å². The lowest BCUT2D eigenvalue weighted by Gasteiger charge is -2.10. The van der Waals surface area contributed by atoms with Gasteiger partial charge in [0, 0.05) is 10.6 Å². The number of benzene rings is 1. The molecule has 0 saturated heterocycles. The molecule has 2 heteroatoms. The summed E-state index contributed by atoms with van der Waals surface area (Å²) in [7, 11) is 0. The number of carbonyl (C=O) groups is 1. The van der Waals surface area contributed by atoms with Gasteiger partial charge in [-0.15, -0.1) is 0 Å². The van der Waals surface area contributed by atoms with Gasteiger partial charge < -0.3 is 0 Å². The molecule has 17 heavy (non-hydrogen) atoms. The lowest BCUT2D eigenvalue weighted by molar-refractivity contribution is 0.101. The Bertz CT molecular complexity index is 550. The summed E-state index contributed by atoms with van der Waals surface area (Å²) in [6.07, 6.45) is 3.10. The van der Waals surface area contributed by atoms with Crippen molar-refractivity contribution in [1.29, 1.82) is 0 Å². The molecule has 0 aliphatic heterocycles. The Hall–Kier alpha value is -1.34. The number of ketones is 1. The van der Waals surface area contributed by atoms with E-state index in [0.717, 1.165) is 17.5 Å². The molecule has 1 aromatic carbocycles. The van der Waals surface area contributed by atoms with Gasteiger partial charge in [-0.1, -0.05) is 29.3 Å². The van der Waals surface area contributed by atoms with E-state index in [-0.39, 0.29) is 5.78 Å². The predicted molar refractivity (Wildman–Crippen MR) is 72.4 cm³/mol. The molecule has 0 fully saturated rings. The van der Waals surface area contributed by atoms with Gasteiger partial charge in [0.25, 0.3) is 0 Å². The molecule has 0 radical (unpaired) electrons. The fraction of sp³-hybridized carbons (Fsp3) is 0.267. The Morgan fingerprint density at radius 2 is 2.00 bits per heavy atom. The van der Waals surface area contributed by atoms with Crippen LogP contribution >= 0.6 is 11.6 Å². The van der Waals surface area contributed by atoms with Crippen LogP contribution in [-0.4, -0.2) is 5.78 Å². The summed E-state index contributed by atoms with van der Waals surface area (Å²) < 4.78 is 0. The van der Waals surface area contributed by atoms with Crippen LogP contribution in [0.2, 0.25) is 5.02 Å². The maximum absolute atomic E-state index is 11.7. The van der Waals surface area contributed by atoms with Crippen molar-refractivity contribution in [2.45, 2.75) is 27.2 Å². The molecule has 0 saturated carbocycles. The smallest absolute Gasteiger partial charge is 0.160 e. The van der Waals surface area contributed by atoms with Crippen LogP contribution < -0.4 is 0 Å². The molecule has 1 nitrogen and oxygen atoms in total. The second kappa shape index (κ2) is 4.50. The maximum atomic E-state index is 11.7. The Kier molecular flexibility index (Phi) is 3.21. The zero-order valence-corrected chi connectivity index (χ0v) is 11.1. The van der Waals surface area contributed by atoms with Crippen molar-refractivity contribution >= 4 is 23.0 Å². The number of hydrogen-bond donors (Lipinski definition) is 0. The first-order valence-corrected chi connectivity index (χ1v) is 6.04. The molecule has 1 aromatic rings. The minimum absolute atomic E-state index is 0.0624. The normalized spacial score (nSPS) is 15.2. The lowest BCUT2D eigenvalue weighted by atomic mass is 9.94. The SMILES string of the molecule is CC(=O)c1cc(Cl)ccc1C1=C(C)C=C(C)C1. The van der Waals surface area contributed by atoms with E-state index < -0.39 is 0 Å². The molecular weight excluding hydrogens is 232 g/mol. The first-order valence-electron chi connectivity index (χ1n) is 5.67. The molecule has 0 bridgehead atoms. The molecule has 0 heterocycles. The van der Waals surface area contributed by atoms with Gasteiger partial charge in [-0.05, 0) is 56.0 Å². The average Bonchev–Trinajstić information content (AvgIpc) is 2.57. The van der Waals surface area contributed by atoms with Crippen molar-refractivity contribution < 1.29 is 4.79 Å². The zero-order valence-electron chi connectivity index (χ0n) is 10.3. The van der Waals surface area contributed by atoms with Gasteiger partial charge in [0.05, 0.1) is 0 Å². The highest BCUT2D eigenvalue weighted by Crippen LogP contribution is 2.35. The summed E-state index contributed by atoms with van der Waals surface area (Å²) in [5.41, 5.74) is 5.56. The molecule has 0 unspecified atom stereocenters. The van der Waals surface area contributed by atoms with Crippen molar-refractivity contribution in [3.63, 3.8) is 0 Å². The number of halogens is 1. The van der Waals surface area contributed by atoms with Crippen LogP contribution in [-0.2, 0) is 0 Å². The number of rotatable bonds is 2. The third kappa shape index (κ3) is 2.34. The molecule has 88 valence electrons. The molecule has 0 amide bonds. The summed E-state index contributed by atoms with van der Waals surface area (Å²) in [6, 6.07) is 5.55. The van der Waals surface area contributed by atoms with E-state index in [2.05, 4.69) is 19.9 Å². The summed E-state index contributed by atoms with van der Waals surface area (Å²) in [4.78, 5) is 11.7. The second-order valence-corrected chi connectivity index (χ2v) is 5.01. The molecule has 2 rings (SSSR count). The van der Waals surface area contributed by atoms with E-state index in [1.54, 1.807) is 13.0 Å². The molecule has 1 aliphatic rings. The first kappa shape index (κ1) is 12.1. The lowest BCUT2D eigenvalue weighted by Crippen LogP contribution is -1.99. The fourth-order valence-corrected chi connectivity index (χ4v) is 2.48. The summed E-state index contributed by atoms with van der Waals surface area (Å²) in [6.45, 7) is 5.78. The Morgan fingerprint density at radius 1 is 1.29 bits per heavy atom. The third-order valence-electron chi connectivity index (χ3n) is 3.08. The van der Waals surface area contributed by atoms with E-state index >= 15 is 0 Å². The van der Waals surface area contributed by atoms with Crippen LogP contribution in [0.1, 0.15) is 43.1 Å². The standard InChI is InChI=1S/C15H15ClO/c1-9-6-10(2)14(7-9)13-5-4-12(16)8-15(13)11(3)17/h4-6,8H,7H2,1-3H3. The summed E-state index contributed by atoms with van der Waals surface area (Å²) >= 11 is 5.95. The Labute approximate surface area is 107 Å². The molecule has 0 N–H and O–H groups in total. The minimum Gasteiger partial charge on any atom is -0.294 e. The monoisotopic (exact) mass is 246 g/mol. The van der Waals surface area contributed by atoms with Gasteiger partial charge in [0.15, 0.2) is 5.78 Å². The topological polar surface area (TPSA) is 17.1 Å². The molecule has 0 aromatic heterocycles. The highest BCUT2D eigenvalue weighted by atomic mass is 35.5. The van der Waals surface area contributed by atoms with Crippen LogP contribution in [0.5, 0.6) is 0 Å². The highest BCUT2D eigenvalue weighted by Gasteiger charge is 2.17. The fourth-order valence-electron chi connectivity index (χ4n) is 2.30. The summed E-state index contributed by atoms with van der Waals surface area (Å²) in [5.74, 6) is 0.0624. The van der Waals surface area contributed by atoms with Gasteiger partial charge in [-0.25, -0.2) is 0 Å². The molecular formula is C15H15ClO. The number of Topliss-reactive ketones (excluding diaryl/α,β-unsaturated/α-hetero) is 1. The van der Waals surface area contributed by atoms with E-state index in [4.69, 9.17) is 11.6 Å². The average molecular weight is 247 g/mol. The Balaban J connectivity index is 2.54. The van der Waals surface area contributed by atoms with Crippen molar-refractivity contribution in [2.24, 2.45) is 0 Å². The van der Waals surface area contributed by atoms with Crippen molar-refractivity contribution in [3.8, 4) is 0 Å². The quantitative estimate of drug-likeness (QED) is 0.694. The maximum Gasteiger partial charge on any atom is 0.160 e. The van der Waals surface area contributed by atoms with Crippen molar-refractivity contribution in [3.05, 3.63) is 51.6 Å². The van der Waals surface area contributed by atoms with Gasteiger partial charge in [-0.2, -0.15) is 0 Å². The van der Waals surface area contributed by atoms with Crippen LogP contribution in [0, 0.1) is 0 Å². The van der Waals surface area contributed by atoms with E-state index in [1.165, 1.54) is 16.7 Å². The van der Waals surface area contributed by atoms with Crippen molar-refractivity contribution in [1.82, 2.24) is 0 Å². The predicted octanol–water partition coefficient (Wildman–Crippen LogP) is 4.67. The zero-order chi connectivity index (χ0) is 12.6. The van der Waals surface area contributed by atoms with Gasteiger partial charge in [-0.3, -0.25) is 4.79 Å². The van der Waals surface area contributed by atoms with Gasteiger partial charge in [0.1, 0.15) is 0 Å². The van der Waals surface area contributed by atoms with E-state index in [0.29, 0.717) is 5.02 Å². The van der Waals surface area contributed by atoms with E-state index in [9.17, 15) is 4.79 Å². The molecule has 1 aliphatic carbocycles. The van der Waals surface area contributed by atoms with Crippen LogP contribution in [0.15, 0.2) is 35.4 Å². The first-order chi connectivity index (χ1) is 7.99. The van der Waals surface area contributed by atoms with Crippen LogP contribution in [0.25, 0.3) is 5.57 Å². The number of hydrogen-bond acceptors (Lipinski definition) is 1. The highest BCUT2D eigenvalue weighted by molar-refractivity contribution is 6.31. The third-order valence-corrected chi connectivity index (χ3v) is 3.32. The number of carbonyl (C=O) groups excluding carboxylic acids is 1. The summed E-state index contributed by atoms with van der Waals surface area (Å²) in [5, 5.41) is 0.611. The number of allylic oxidation sites excluding steroid dienone is 4. The van der Waals surface area contributed by atoms with Gasteiger partial charge >= 0.3 is 0 Å². The second-order valence-electron chi connectivity index (χ2n) is 4.58. The van der Waals surface area contributed by atoms with Gasteiger partial charge in [0.2, 0.25) is 0 Å². The van der Waals surface area contributed by atoms with Crippen LogP contribution in [0.3, 0.4) is 0 Å². The molecule has 0 spiro atoms.